The molecule has 1 saturated heterocycles. The Kier molecular flexibility index (Phi) is 2.35. The summed E-state index contributed by atoms with van der Waals surface area (Å²) in [6, 6.07) is 6.39. The van der Waals surface area contributed by atoms with Crippen LogP contribution in [0.3, 0.4) is 0 Å². The molecule has 1 aliphatic heterocycles. The first-order chi connectivity index (χ1) is 7.72. The van der Waals surface area contributed by atoms with Crippen LogP contribution < -0.4 is 15.8 Å². The molecule has 3 nitrogen and oxygen atoms in total. The Hall–Kier alpha value is -0.770. The van der Waals surface area contributed by atoms with Gasteiger partial charge in [-0.25, -0.2) is 0 Å². The van der Waals surface area contributed by atoms with Crippen molar-refractivity contribution in [2.24, 2.45) is 17.6 Å². The average Bonchev–Trinajstić information content (AvgIpc) is 2.77. The number of rotatable bonds is 2. The van der Waals surface area contributed by atoms with Crippen molar-refractivity contribution < 1.29 is 4.74 Å². The van der Waals surface area contributed by atoms with E-state index >= 15 is 0 Å². The van der Waals surface area contributed by atoms with Crippen LogP contribution in [0.4, 0.5) is 0 Å². The van der Waals surface area contributed by atoms with E-state index in [1.54, 1.807) is 7.11 Å². The van der Waals surface area contributed by atoms with Crippen molar-refractivity contribution in [2.45, 2.75) is 12.1 Å². The third kappa shape index (κ3) is 1.43. The van der Waals surface area contributed by atoms with Gasteiger partial charge in [-0.05, 0) is 30.0 Å². The Balaban J connectivity index is 1.96. The predicted octanol–water partition coefficient (Wildman–Crippen LogP) is 1.57. The van der Waals surface area contributed by atoms with Crippen molar-refractivity contribution in [3.63, 3.8) is 0 Å². The standard InChI is InChI=1S/C12H15ClN2O/c1-16-9-3-2-6(13)4-7(9)12-10-8(5-15-12)11(10)14/h2-4,8,10-12,15H,5,14H2,1H3. The van der Waals surface area contributed by atoms with E-state index in [2.05, 4.69) is 5.32 Å². The van der Waals surface area contributed by atoms with E-state index in [9.17, 15) is 0 Å². The molecule has 3 N–H and O–H groups in total. The number of fused-ring (bicyclic) bond motifs is 1. The highest BCUT2D eigenvalue weighted by atomic mass is 35.5. The zero-order chi connectivity index (χ0) is 11.3. The fraction of sp³-hybridized carbons (Fsp3) is 0.500. The number of hydrogen-bond acceptors (Lipinski definition) is 3. The molecule has 4 atom stereocenters. The highest BCUT2D eigenvalue weighted by molar-refractivity contribution is 6.30. The summed E-state index contributed by atoms with van der Waals surface area (Å²) in [7, 11) is 1.69. The van der Waals surface area contributed by atoms with Crippen LogP contribution in [-0.4, -0.2) is 19.7 Å². The van der Waals surface area contributed by atoms with Crippen LogP contribution in [0.1, 0.15) is 11.6 Å². The largest absolute Gasteiger partial charge is 0.496 e. The van der Waals surface area contributed by atoms with Gasteiger partial charge in [-0.15, -0.1) is 0 Å². The van der Waals surface area contributed by atoms with Crippen molar-refractivity contribution in [1.82, 2.24) is 5.32 Å². The molecular formula is C12H15ClN2O. The van der Waals surface area contributed by atoms with Crippen molar-refractivity contribution in [1.29, 1.82) is 0 Å². The van der Waals surface area contributed by atoms with Crippen LogP contribution in [-0.2, 0) is 0 Å². The molecule has 1 aromatic rings. The fourth-order valence-electron chi connectivity index (χ4n) is 2.83. The quantitative estimate of drug-likeness (QED) is 0.822. The molecule has 4 unspecified atom stereocenters. The Morgan fingerprint density at radius 3 is 2.94 bits per heavy atom. The summed E-state index contributed by atoms with van der Waals surface area (Å²) in [5.74, 6) is 2.07. The van der Waals surface area contributed by atoms with Gasteiger partial charge in [0, 0.05) is 29.2 Å². The van der Waals surface area contributed by atoms with E-state index in [1.165, 1.54) is 0 Å². The zero-order valence-corrected chi connectivity index (χ0v) is 9.87. The molecule has 86 valence electrons. The number of nitrogens with two attached hydrogens (primary N) is 1. The number of methoxy groups -OCH3 is 1. The lowest BCUT2D eigenvalue weighted by atomic mass is 10.0. The number of ether oxygens (including phenoxy) is 1. The number of benzene rings is 1. The van der Waals surface area contributed by atoms with E-state index in [0.717, 1.165) is 22.9 Å². The van der Waals surface area contributed by atoms with Crippen molar-refractivity contribution in [3.05, 3.63) is 28.8 Å². The van der Waals surface area contributed by atoms with E-state index in [-0.39, 0.29) is 0 Å². The number of nitrogens with one attached hydrogen (secondary N) is 1. The second-order valence-corrected chi connectivity index (χ2v) is 5.03. The minimum atomic E-state index is 0.300. The lowest BCUT2D eigenvalue weighted by Gasteiger charge is -2.18. The third-order valence-electron chi connectivity index (χ3n) is 3.78. The van der Waals surface area contributed by atoms with Crippen LogP contribution in [0.25, 0.3) is 0 Å². The Morgan fingerprint density at radius 1 is 1.50 bits per heavy atom. The van der Waals surface area contributed by atoms with Gasteiger partial charge in [0.2, 0.25) is 0 Å². The van der Waals surface area contributed by atoms with Crippen LogP contribution in [0, 0.1) is 11.8 Å². The molecule has 1 aromatic carbocycles. The van der Waals surface area contributed by atoms with Crippen LogP contribution >= 0.6 is 11.6 Å². The van der Waals surface area contributed by atoms with E-state index in [0.29, 0.717) is 23.9 Å². The van der Waals surface area contributed by atoms with Gasteiger partial charge in [0.15, 0.2) is 0 Å². The smallest absolute Gasteiger partial charge is 0.123 e. The normalized spacial score (nSPS) is 35.9. The first-order valence-corrected chi connectivity index (χ1v) is 5.92. The summed E-state index contributed by atoms with van der Waals surface area (Å²) in [5, 5.41) is 4.23. The van der Waals surface area contributed by atoms with E-state index < -0.39 is 0 Å². The highest BCUT2D eigenvalue weighted by Crippen LogP contribution is 2.52. The maximum Gasteiger partial charge on any atom is 0.123 e. The average molecular weight is 239 g/mol. The summed E-state index contributed by atoms with van der Waals surface area (Å²) < 4.78 is 5.38. The lowest BCUT2D eigenvalue weighted by Crippen LogP contribution is -2.26. The van der Waals surface area contributed by atoms with Gasteiger partial charge in [0.1, 0.15) is 5.75 Å². The fourth-order valence-corrected chi connectivity index (χ4v) is 3.01. The molecule has 0 aromatic heterocycles. The molecule has 16 heavy (non-hydrogen) atoms. The number of halogens is 1. The van der Waals surface area contributed by atoms with Gasteiger partial charge in [-0.3, -0.25) is 0 Å². The Morgan fingerprint density at radius 2 is 2.31 bits per heavy atom. The highest BCUT2D eigenvalue weighted by Gasteiger charge is 2.56. The molecule has 0 bridgehead atoms. The van der Waals surface area contributed by atoms with Gasteiger partial charge in [0.25, 0.3) is 0 Å². The molecule has 0 radical (unpaired) electrons. The van der Waals surface area contributed by atoms with Crippen LogP contribution in [0.15, 0.2) is 18.2 Å². The minimum Gasteiger partial charge on any atom is -0.496 e. The Labute approximate surface area is 99.9 Å². The molecule has 0 amide bonds. The molecule has 1 aliphatic carbocycles. The second-order valence-electron chi connectivity index (χ2n) is 4.59. The zero-order valence-electron chi connectivity index (χ0n) is 9.11. The van der Waals surface area contributed by atoms with Crippen LogP contribution in [0.5, 0.6) is 5.75 Å². The molecular weight excluding hydrogens is 224 g/mol. The maximum absolute atomic E-state index is 6.04. The summed E-state index contributed by atoms with van der Waals surface area (Å²) in [6.45, 7) is 1.01. The SMILES string of the molecule is COc1ccc(Cl)cc1C1NCC2C(N)C12. The summed E-state index contributed by atoms with van der Waals surface area (Å²) in [5.41, 5.74) is 7.15. The minimum absolute atomic E-state index is 0.300. The van der Waals surface area contributed by atoms with Gasteiger partial charge < -0.3 is 15.8 Å². The molecule has 4 heteroatoms. The first kappa shape index (κ1) is 10.4. The molecule has 0 spiro atoms. The molecule has 1 saturated carbocycles. The second kappa shape index (κ2) is 3.62. The van der Waals surface area contributed by atoms with E-state index in [4.69, 9.17) is 22.1 Å². The lowest BCUT2D eigenvalue weighted by molar-refractivity contribution is 0.398. The van der Waals surface area contributed by atoms with Crippen molar-refractivity contribution >= 4 is 11.6 Å². The number of hydrogen-bond donors (Lipinski definition) is 2. The Bertz CT molecular complexity index is 423. The predicted molar refractivity (Wildman–Crippen MR) is 63.7 cm³/mol. The van der Waals surface area contributed by atoms with Gasteiger partial charge in [-0.1, -0.05) is 11.6 Å². The van der Waals surface area contributed by atoms with Crippen molar-refractivity contribution in [2.75, 3.05) is 13.7 Å². The van der Waals surface area contributed by atoms with Gasteiger partial charge in [0.05, 0.1) is 7.11 Å². The van der Waals surface area contributed by atoms with Crippen LogP contribution in [0.2, 0.25) is 5.02 Å². The third-order valence-corrected chi connectivity index (χ3v) is 4.01. The summed E-state index contributed by atoms with van der Waals surface area (Å²) in [4.78, 5) is 0. The van der Waals surface area contributed by atoms with Gasteiger partial charge >= 0.3 is 0 Å². The maximum atomic E-state index is 6.04. The summed E-state index contributed by atoms with van der Waals surface area (Å²) >= 11 is 6.04. The van der Waals surface area contributed by atoms with Crippen molar-refractivity contribution in [3.8, 4) is 5.75 Å². The number of piperidine rings is 1. The molecule has 2 fully saturated rings. The topological polar surface area (TPSA) is 47.3 Å². The first-order valence-electron chi connectivity index (χ1n) is 5.55. The molecule has 3 rings (SSSR count). The van der Waals surface area contributed by atoms with E-state index in [1.807, 2.05) is 18.2 Å². The molecule has 2 aliphatic rings. The van der Waals surface area contributed by atoms with Gasteiger partial charge in [-0.2, -0.15) is 0 Å². The monoisotopic (exact) mass is 238 g/mol. The summed E-state index contributed by atoms with van der Waals surface area (Å²) in [6.07, 6.45) is 0. The molecule has 1 heterocycles.